The molecule has 0 aliphatic rings. The first-order valence-corrected chi connectivity index (χ1v) is 5.22. The molecule has 0 spiro atoms. The summed E-state index contributed by atoms with van der Waals surface area (Å²) in [5, 5.41) is 0.686. The van der Waals surface area contributed by atoms with Crippen molar-refractivity contribution in [3.63, 3.8) is 0 Å². The van der Waals surface area contributed by atoms with Gasteiger partial charge in [0.25, 0.3) is 0 Å². The maximum absolute atomic E-state index is 6.04. The van der Waals surface area contributed by atoms with Crippen LogP contribution in [0.5, 0.6) is 0 Å². The fraction of sp³-hybridized carbons (Fsp3) is 0.455. The molecule has 1 aromatic rings. The number of nitrogens with two attached hydrogens (primary N) is 1. The number of hydrogen-bond donors (Lipinski definition) is 1. The van der Waals surface area contributed by atoms with E-state index in [0.29, 0.717) is 24.8 Å². The van der Waals surface area contributed by atoms with Crippen LogP contribution >= 0.6 is 11.6 Å². The first-order chi connectivity index (χ1) is 7.29. The maximum Gasteiger partial charge on any atom is 0.0962 e. The molecule has 0 saturated carbocycles. The van der Waals surface area contributed by atoms with Crippen LogP contribution in [0.2, 0.25) is 5.02 Å². The second-order valence-corrected chi connectivity index (χ2v) is 3.52. The smallest absolute Gasteiger partial charge is 0.0962 e. The molecule has 0 aliphatic carbocycles. The Hall–Kier alpha value is -0.610. The summed E-state index contributed by atoms with van der Waals surface area (Å²) in [5.74, 6) is 0. The van der Waals surface area contributed by atoms with Gasteiger partial charge in [0, 0.05) is 24.2 Å². The molecule has 1 aromatic carbocycles. The van der Waals surface area contributed by atoms with Crippen LogP contribution in [0, 0.1) is 0 Å². The molecule has 3 nitrogen and oxygen atoms in total. The summed E-state index contributed by atoms with van der Waals surface area (Å²) in [6.07, 6.45) is -0.158. The molecular formula is C11H16ClNO2. The molecule has 0 amide bonds. The van der Waals surface area contributed by atoms with Gasteiger partial charge in [0.2, 0.25) is 0 Å². The zero-order valence-electron chi connectivity index (χ0n) is 8.78. The Morgan fingerprint density at radius 3 is 2.67 bits per heavy atom. The van der Waals surface area contributed by atoms with Gasteiger partial charge in [-0.2, -0.15) is 0 Å². The van der Waals surface area contributed by atoms with Crippen molar-refractivity contribution in [3.8, 4) is 0 Å². The van der Waals surface area contributed by atoms with Crippen molar-refractivity contribution >= 4 is 11.6 Å². The summed E-state index contributed by atoms with van der Waals surface area (Å²) in [5.41, 5.74) is 6.56. The fourth-order valence-corrected chi connectivity index (χ4v) is 1.55. The third-order valence-electron chi connectivity index (χ3n) is 2.07. The Balaban J connectivity index is 2.61. The zero-order valence-corrected chi connectivity index (χ0v) is 9.54. The summed E-state index contributed by atoms with van der Waals surface area (Å²) in [6.45, 7) is 1.48. The van der Waals surface area contributed by atoms with Gasteiger partial charge in [0.15, 0.2) is 0 Å². The predicted molar refractivity (Wildman–Crippen MR) is 61.1 cm³/mol. The molecule has 1 unspecified atom stereocenters. The van der Waals surface area contributed by atoms with Gasteiger partial charge in [-0.25, -0.2) is 0 Å². The summed E-state index contributed by atoms with van der Waals surface area (Å²) >= 11 is 6.04. The largest absolute Gasteiger partial charge is 0.382 e. The quantitative estimate of drug-likeness (QED) is 0.759. The number of halogens is 1. The lowest BCUT2D eigenvalue weighted by Gasteiger charge is -2.17. The van der Waals surface area contributed by atoms with Gasteiger partial charge < -0.3 is 15.2 Å². The van der Waals surface area contributed by atoms with Gasteiger partial charge >= 0.3 is 0 Å². The van der Waals surface area contributed by atoms with E-state index in [9.17, 15) is 0 Å². The lowest BCUT2D eigenvalue weighted by molar-refractivity contribution is 0.0208. The van der Waals surface area contributed by atoms with Crippen molar-refractivity contribution in [2.45, 2.75) is 6.10 Å². The highest BCUT2D eigenvalue weighted by atomic mass is 35.5. The third-order valence-corrected chi connectivity index (χ3v) is 2.42. The summed E-state index contributed by atoms with van der Waals surface area (Å²) < 4.78 is 10.5. The Labute approximate surface area is 95.1 Å². The number of hydrogen-bond acceptors (Lipinski definition) is 3. The average Bonchev–Trinajstić information content (AvgIpc) is 2.26. The molecule has 0 aromatic heterocycles. The van der Waals surface area contributed by atoms with Crippen molar-refractivity contribution < 1.29 is 9.47 Å². The molecule has 84 valence electrons. The van der Waals surface area contributed by atoms with Crippen LogP contribution in [-0.4, -0.2) is 26.9 Å². The van der Waals surface area contributed by atoms with Crippen LogP contribution in [0.25, 0.3) is 0 Å². The van der Waals surface area contributed by atoms with E-state index in [1.807, 2.05) is 24.3 Å². The summed E-state index contributed by atoms with van der Waals surface area (Å²) in [6, 6.07) is 7.56. The predicted octanol–water partition coefficient (Wildman–Crippen LogP) is 2.00. The van der Waals surface area contributed by atoms with Gasteiger partial charge in [-0.3, -0.25) is 0 Å². The van der Waals surface area contributed by atoms with E-state index in [0.717, 1.165) is 5.56 Å². The van der Waals surface area contributed by atoms with Crippen LogP contribution < -0.4 is 5.73 Å². The monoisotopic (exact) mass is 229 g/mol. The lowest BCUT2D eigenvalue weighted by Crippen LogP contribution is -2.18. The Morgan fingerprint density at radius 2 is 2.07 bits per heavy atom. The minimum Gasteiger partial charge on any atom is -0.382 e. The molecule has 4 heteroatoms. The van der Waals surface area contributed by atoms with Gasteiger partial charge in [-0.1, -0.05) is 29.8 Å². The van der Waals surface area contributed by atoms with E-state index in [1.54, 1.807) is 7.11 Å². The van der Waals surface area contributed by atoms with E-state index < -0.39 is 0 Å². The second kappa shape index (κ2) is 6.80. The number of methoxy groups -OCH3 is 1. The molecule has 0 bridgehead atoms. The van der Waals surface area contributed by atoms with Crippen LogP contribution in [0.4, 0.5) is 0 Å². The number of ether oxygens (including phenoxy) is 2. The van der Waals surface area contributed by atoms with Gasteiger partial charge in [0.1, 0.15) is 0 Å². The molecule has 0 heterocycles. The maximum atomic E-state index is 6.04. The fourth-order valence-electron chi connectivity index (χ4n) is 1.29. The second-order valence-electron chi connectivity index (χ2n) is 3.11. The number of benzene rings is 1. The zero-order chi connectivity index (χ0) is 11.1. The Kier molecular flexibility index (Phi) is 5.65. The van der Waals surface area contributed by atoms with Crippen molar-refractivity contribution in [1.29, 1.82) is 0 Å². The van der Waals surface area contributed by atoms with Crippen LogP contribution in [-0.2, 0) is 9.47 Å². The average molecular weight is 230 g/mol. The first kappa shape index (κ1) is 12.5. The minimum absolute atomic E-state index is 0.158. The van der Waals surface area contributed by atoms with E-state index >= 15 is 0 Å². The molecule has 0 radical (unpaired) electrons. The number of rotatable bonds is 6. The van der Waals surface area contributed by atoms with Crippen LogP contribution in [0.15, 0.2) is 24.3 Å². The van der Waals surface area contributed by atoms with Gasteiger partial charge in [0.05, 0.1) is 19.3 Å². The molecular weight excluding hydrogens is 214 g/mol. The summed E-state index contributed by atoms with van der Waals surface area (Å²) in [7, 11) is 1.64. The van der Waals surface area contributed by atoms with Crippen molar-refractivity contribution in [3.05, 3.63) is 34.9 Å². The SMILES string of the molecule is COCCOC(CN)c1ccccc1Cl. The molecule has 15 heavy (non-hydrogen) atoms. The van der Waals surface area contributed by atoms with E-state index in [4.69, 9.17) is 26.8 Å². The standard InChI is InChI=1S/C11H16ClNO2/c1-14-6-7-15-11(8-13)9-4-2-3-5-10(9)12/h2-5,11H,6-8,13H2,1H3. The topological polar surface area (TPSA) is 44.5 Å². The van der Waals surface area contributed by atoms with E-state index in [2.05, 4.69) is 0 Å². The van der Waals surface area contributed by atoms with Crippen LogP contribution in [0.1, 0.15) is 11.7 Å². The molecule has 2 N–H and O–H groups in total. The molecule has 0 aliphatic heterocycles. The lowest BCUT2D eigenvalue weighted by atomic mass is 10.1. The van der Waals surface area contributed by atoms with Gasteiger partial charge in [-0.15, -0.1) is 0 Å². The molecule has 0 fully saturated rings. The van der Waals surface area contributed by atoms with Gasteiger partial charge in [-0.05, 0) is 6.07 Å². The highest BCUT2D eigenvalue weighted by molar-refractivity contribution is 6.31. The first-order valence-electron chi connectivity index (χ1n) is 4.84. The highest BCUT2D eigenvalue weighted by Gasteiger charge is 2.12. The van der Waals surface area contributed by atoms with Crippen molar-refractivity contribution in [2.75, 3.05) is 26.9 Å². The third kappa shape index (κ3) is 3.80. The van der Waals surface area contributed by atoms with Crippen molar-refractivity contribution in [1.82, 2.24) is 0 Å². The molecule has 0 saturated heterocycles. The normalized spacial score (nSPS) is 12.7. The minimum atomic E-state index is -0.158. The Bertz CT molecular complexity index is 294. The van der Waals surface area contributed by atoms with Crippen LogP contribution in [0.3, 0.4) is 0 Å². The molecule has 1 rings (SSSR count). The van der Waals surface area contributed by atoms with E-state index in [1.165, 1.54) is 0 Å². The Morgan fingerprint density at radius 1 is 1.33 bits per heavy atom. The molecule has 1 atom stereocenters. The highest BCUT2D eigenvalue weighted by Crippen LogP contribution is 2.24. The summed E-state index contributed by atoms with van der Waals surface area (Å²) in [4.78, 5) is 0. The van der Waals surface area contributed by atoms with Crippen molar-refractivity contribution in [2.24, 2.45) is 5.73 Å². The van der Waals surface area contributed by atoms with E-state index in [-0.39, 0.29) is 6.10 Å².